The second-order valence-corrected chi connectivity index (χ2v) is 12.7. The number of ketones is 2. The van der Waals surface area contributed by atoms with Crippen LogP contribution in [0.3, 0.4) is 0 Å². The second-order valence-electron chi connectivity index (χ2n) is 12.7. The number of phenols is 1. The van der Waals surface area contributed by atoms with Crippen LogP contribution in [0.25, 0.3) is 0 Å². The third-order valence-electron chi connectivity index (χ3n) is 8.15. The summed E-state index contributed by atoms with van der Waals surface area (Å²) in [5.41, 5.74) is -0.546. The van der Waals surface area contributed by atoms with Gasteiger partial charge in [0.15, 0.2) is 42.2 Å². The highest BCUT2D eigenvalue weighted by Crippen LogP contribution is 2.37. The molecule has 0 aromatic heterocycles. The fraction of sp³-hybridized carbons (Fsp3) is 0.528. The van der Waals surface area contributed by atoms with Crippen molar-refractivity contribution in [3.8, 4) is 5.75 Å². The third kappa shape index (κ3) is 11.1. The number of aromatic hydroxyl groups is 1. The van der Waals surface area contributed by atoms with Crippen LogP contribution in [0, 0.1) is 0 Å². The van der Waals surface area contributed by atoms with Gasteiger partial charge < -0.3 is 57.2 Å². The number of allylic oxidation sites excluding steroid dienone is 2. The van der Waals surface area contributed by atoms with Gasteiger partial charge in [0.25, 0.3) is 0 Å². The fourth-order valence-electron chi connectivity index (χ4n) is 6.16. The summed E-state index contributed by atoms with van der Waals surface area (Å²) in [6, 6.07) is 3.75. The van der Waals surface area contributed by atoms with E-state index in [1.807, 2.05) is 0 Å². The molecule has 2 saturated heterocycles. The van der Waals surface area contributed by atoms with Crippen molar-refractivity contribution in [2.75, 3.05) is 13.2 Å². The van der Waals surface area contributed by atoms with E-state index in [1.165, 1.54) is 18.2 Å². The quantitative estimate of drug-likeness (QED) is 0.207. The summed E-state index contributed by atoms with van der Waals surface area (Å²) >= 11 is 0. The number of carbonyl (C=O) groups excluding carboxylic acids is 9. The first kappa shape index (κ1) is 43.8. The molecule has 1 aromatic rings. The lowest BCUT2D eigenvalue weighted by Gasteiger charge is -2.48. The van der Waals surface area contributed by atoms with Gasteiger partial charge in [0.1, 0.15) is 37.3 Å². The molecule has 57 heavy (non-hydrogen) atoms. The van der Waals surface area contributed by atoms with Crippen molar-refractivity contribution < 1.29 is 100 Å². The van der Waals surface area contributed by atoms with E-state index < -0.39 is 139 Å². The Bertz CT molecular complexity index is 1820. The molecule has 2 aliphatic heterocycles. The molecular weight excluding hydrogens is 768 g/mol. The molecule has 21 heteroatoms. The standard InChI is InChI=1S/C36H40O21/c1-14(37)47-12-25-29(49-16(3)39)31(50-17(4)40)34(53-20(7)43)36(56-25)57-30-26(13-48-15(2)38)55-35(33(52-19(6)42)32(30)51-18(5)41)54-24-11-23(45)27-21(28(24)46)9-8-10-22(27)44/h8-11,25-26,29-36,44H,12-13H2,1-7H3/t25-,26+,29+,30+,31+,32-,33-,34+,35+,36-/m0/s1. The summed E-state index contributed by atoms with van der Waals surface area (Å²) in [6.07, 6.45) is -16.7. The van der Waals surface area contributed by atoms with Gasteiger partial charge >= 0.3 is 41.8 Å². The van der Waals surface area contributed by atoms with E-state index >= 15 is 0 Å². The number of esters is 7. The molecular formula is C36H40O21. The maximum absolute atomic E-state index is 13.5. The zero-order valence-electron chi connectivity index (χ0n) is 31.6. The molecule has 1 N–H and O–H groups in total. The summed E-state index contributed by atoms with van der Waals surface area (Å²) in [5, 5.41) is 10.2. The van der Waals surface area contributed by atoms with Crippen molar-refractivity contribution in [2.24, 2.45) is 0 Å². The molecule has 3 aliphatic rings. The predicted molar refractivity (Wildman–Crippen MR) is 179 cm³/mol. The van der Waals surface area contributed by atoms with Crippen LogP contribution in [0.15, 0.2) is 30.0 Å². The van der Waals surface area contributed by atoms with E-state index in [0.717, 1.165) is 54.5 Å². The van der Waals surface area contributed by atoms with Gasteiger partial charge in [-0.15, -0.1) is 0 Å². The van der Waals surface area contributed by atoms with E-state index in [4.69, 9.17) is 52.1 Å². The Morgan fingerprint density at radius 1 is 0.579 bits per heavy atom. The SMILES string of the molecule is CC(=O)OC[C@@H]1O[C@@H](O[C@H]2[C@H](OC(C)=O)[C@H](OC(C)=O)[C@H](OC3=CC(=O)c4c(O)cccc4C3=O)O[C@@H]2COC(C)=O)[C@H](OC(C)=O)[C@H](OC(C)=O)[C@@H]1OC(C)=O. The van der Waals surface area contributed by atoms with Crippen LogP contribution >= 0.6 is 0 Å². The van der Waals surface area contributed by atoms with Crippen molar-refractivity contribution in [3.05, 3.63) is 41.2 Å². The minimum atomic E-state index is -1.92. The van der Waals surface area contributed by atoms with Crippen molar-refractivity contribution in [1.29, 1.82) is 0 Å². The van der Waals surface area contributed by atoms with Crippen LogP contribution in [-0.2, 0) is 85.7 Å². The van der Waals surface area contributed by atoms with Gasteiger partial charge in [-0.1, -0.05) is 6.07 Å². The van der Waals surface area contributed by atoms with E-state index in [1.54, 1.807) is 0 Å². The van der Waals surface area contributed by atoms with E-state index in [2.05, 4.69) is 0 Å². The predicted octanol–water partition coefficient (Wildman–Crippen LogP) is 0.291. The summed E-state index contributed by atoms with van der Waals surface area (Å²) < 4.78 is 61.9. The van der Waals surface area contributed by atoms with Gasteiger partial charge in [-0.3, -0.25) is 43.2 Å². The first-order chi connectivity index (χ1) is 26.8. The summed E-state index contributed by atoms with van der Waals surface area (Å²) in [5.74, 6) is -9.37. The Morgan fingerprint density at radius 3 is 1.53 bits per heavy atom. The summed E-state index contributed by atoms with van der Waals surface area (Å²) in [4.78, 5) is 113. The molecule has 0 saturated carbocycles. The Balaban J connectivity index is 1.83. The Morgan fingerprint density at radius 2 is 1.02 bits per heavy atom. The molecule has 1 aromatic carbocycles. The van der Waals surface area contributed by atoms with E-state index in [0.29, 0.717) is 0 Å². The van der Waals surface area contributed by atoms with E-state index in [-0.39, 0.29) is 11.1 Å². The number of Topliss-reactive ketones (excluding diaryl/α,β-unsaturated/α-hetero) is 1. The molecule has 1 aliphatic carbocycles. The van der Waals surface area contributed by atoms with Gasteiger partial charge in [0.05, 0.1) is 5.56 Å². The van der Waals surface area contributed by atoms with Crippen molar-refractivity contribution >= 4 is 53.4 Å². The number of rotatable bonds is 13. The molecule has 0 spiro atoms. The van der Waals surface area contributed by atoms with Gasteiger partial charge in [-0.2, -0.15) is 0 Å². The van der Waals surface area contributed by atoms with Crippen LogP contribution in [-0.4, -0.2) is 133 Å². The lowest BCUT2D eigenvalue weighted by Crippen LogP contribution is -2.67. The lowest BCUT2D eigenvalue weighted by molar-refractivity contribution is -0.358. The number of phenolic OH excluding ortho intramolecular Hbond substituents is 1. The average Bonchev–Trinajstić information content (AvgIpc) is 3.09. The zero-order valence-corrected chi connectivity index (χ0v) is 31.6. The van der Waals surface area contributed by atoms with Crippen LogP contribution in [0.5, 0.6) is 5.75 Å². The highest BCUT2D eigenvalue weighted by Gasteiger charge is 2.58. The minimum absolute atomic E-state index is 0.241. The highest BCUT2D eigenvalue weighted by molar-refractivity contribution is 6.24. The Labute approximate surface area is 323 Å². The summed E-state index contributed by atoms with van der Waals surface area (Å²) in [6.45, 7) is 5.67. The Kier molecular flexibility index (Phi) is 14.4. The monoisotopic (exact) mass is 808 g/mol. The van der Waals surface area contributed by atoms with Crippen LogP contribution in [0.4, 0.5) is 0 Å². The van der Waals surface area contributed by atoms with Crippen LogP contribution in [0.1, 0.15) is 69.2 Å². The smallest absolute Gasteiger partial charge is 0.303 e. The molecule has 4 rings (SSSR count). The molecule has 2 fully saturated rings. The van der Waals surface area contributed by atoms with Crippen molar-refractivity contribution in [2.45, 2.75) is 110 Å². The number of hydrogen-bond donors (Lipinski definition) is 1. The number of ether oxygens (including phenoxy) is 11. The van der Waals surface area contributed by atoms with Gasteiger partial charge in [-0.05, 0) is 12.1 Å². The number of carbonyl (C=O) groups is 9. The molecule has 0 radical (unpaired) electrons. The van der Waals surface area contributed by atoms with Crippen LogP contribution < -0.4 is 0 Å². The first-order valence-corrected chi connectivity index (χ1v) is 17.2. The van der Waals surface area contributed by atoms with Gasteiger partial charge in [0, 0.05) is 60.1 Å². The molecule has 0 bridgehead atoms. The summed E-state index contributed by atoms with van der Waals surface area (Å²) in [7, 11) is 0. The number of benzene rings is 1. The molecule has 310 valence electrons. The minimum Gasteiger partial charge on any atom is -0.507 e. The van der Waals surface area contributed by atoms with Crippen molar-refractivity contribution in [1.82, 2.24) is 0 Å². The zero-order chi connectivity index (χ0) is 42.3. The second kappa shape index (κ2) is 18.8. The first-order valence-electron chi connectivity index (χ1n) is 17.2. The number of hydrogen-bond acceptors (Lipinski definition) is 21. The molecule has 21 nitrogen and oxygen atoms in total. The lowest BCUT2D eigenvalue weighted by atomic mass is 9.92. The highest BCUT2D eigenvalue weighted by atomic mass is 16.8. The van der Waals surface area contributed by atoms with Gasteiger partial charge in [-0.25, -0.2) is 0 Å². The normalized spacial score (nSPS) is 28.0. The maximum atomic E-state index is 13.5. The number of fused-ring (bicyclic) bond motifs is 1. The molecule has 2 heterocycles. The third-order valence-corrected chi connectivity index (χ3v) is 8.15. The molecule has 10 atom stereocenters. The molecule has 0 amide bonds. The topological polar surface area (TPSA) is 275 Å². The molecule has 0 unspecified atom stereocenters. The largest absolute Gasteiger partial charge is 0.507 e. The van der Waals surface area contributed by atoms with Gasteiger partial charge in [0.2, 0.25) is 18.2 Å². The Hall–Kier alpha value is -5.93. The van der Waals surface area contributed by atoms with Crippen LogP contribution in [0.2, 0.25) is 0 Å². The van der Waals surface area contributed by atoms with Crippen molar-refractivity contribution in [3.63, 3.8) is 0 Å². The van der Waals surface area contributed by atoms with E-state index in [9.17, 15) is 48.3 Å². The maximum Gasteiger partial charge on any atom is 0.303 e. The average molecular weight is 809 g/mol. The fourth-order valence-corrected chi connectivity index (χ4v) is 6.16.